The van der Waals surface area contributed by atoms with Crippen LogP contribution in [0.1, 0.15) is 13.8 Å². The van der Waals surface area contributed by atoms with Gasteiger partial charge in [-0.2, -0.15) is 0 Å². The number of aliphatic carboxylic acids is 1. The van der Waals surface area contributed by atoms with Gasteiger partial charge in [0.05, 0.1) is 6.61 Å². The van der Waals surface area contributed by atoms with Crippen LogP contribution in [-0.4, -0.2) is 34.8 Å². The van der Waals surface area contributed by atoms with Crippen molar-refractivity contribution in [3.05, 3.63) is 30.3 Å². The molecule has 0 heterocycles. The first kappa shape index (κ1) is 16.0. The Bertz CT molecular complexity index is 299. The second-order valence-electron chi connectivity index (χ2n) is 3.06. The Labute approximate surface area is 106 Å². The lowest BCUT2D eigenvalue weighted by Crippen LogP contribution is -2.10. The van der Waals surface area contributed by atoms with Crippen LogP contribution in [0.15, 0.2) is 35.2 Å². The Kier molecular flexibility index (Phi) is 9.52. The highest BCUT2D eigenvalue weighted by molar-refractivity contribution is 7.99. The fourth-order valence-corrected chi connectivity index (χ4v) is 1.70. The van der Waals surface area contributed by atoms with Crippen molar-refractivity contribution in [3.8, 4) is 0 Å². The lowest BCUT2D eigenvalue weighted by Gasteiger charge is -2.09. The van der Waals surface area contributed by atoms with Crippen molar-refractivity contribution in [1.82, 2.24) is 0 Å². The molecule has 2 N–H and O–H groups in total. The summed E-state index contributed by atoms with van der Waals surface area (Å²) in [5.74, 6) is -0.833. The maximum absolute atomic E-state index is 9.47. The summed E-state index contributed by atoms with van der Waals surface area (Å²) in [7, 11) is 0. The lowest BCUT2D eigenvalue weighted by atomic mass is 10.4. The van der Waals surface area contributed by atoms with Crippen molar-refractivity contribution < 1.29 is 19.7 Å². The molecule has 0 fully saturated rings. The zero-order chi connectivity index (χ0) is 13.1. The highest BCUT2D eigenvalue weighted by Crippen LogP contribution is 2.21. The Morgan fingerprint density at radius 1 is 1.41 bits per heavy atom. The molecule has 1 rings (SSSR count). The number of hydrogen-bond donors (Lipinski definition) is 2. The van der Waals surface area contributed by atoms with Gasteiger partial charge >= 0.3 is 0 Å². The molecule has 1 aromatic carbocycles. The average molecular weight is 258 g/mol. The SMILES string of the molecule is CC(=O)O.CCOCC(O)Sc1ccccc1. The van der Waals surface area contributed by atoms with Crippen molar-refractivity contribution in [3.63, 3.8) is 0 Å². The van der Waals surface area contributed by atoms with Crippen LogP contribution in [-0.2, 0) is 9.53 Å². The molecule has 5 heteroatoms. The van der Waals surface area contributed by atoms with E-state index in [1.54, 1.807) is 0 Å². The maximum atomic E-state index is 9.47. The molecule has 0 aromatic heterocycles. The van der Waals surface area contributed by atoms with E-state index in [4.69, 9.17) is 14.6 Å². The number of hydrogen-bond acceptors (Lipinski definition) is 4. The van der Waals surface area contributed by atoms with E-state index in [0.717, 1.165) is 11.8 Å². The fraction of sp³-hybridized carbons (Fsp3) is 0.417. The van der Waals surface area contributed by atoms with Crippen molar-refractivity contribution in [1.29, 1.82) is 0 Å². The van der Waals surface area contributed by atoms with Crippen LogP contribution in [0.5, 0.6) is 0 Å². The highest BCUT2D eigenvalue weighted by Gasteiger charge is 2.04. The van der Waals surface area contributed by atoms with E-state index in [1.165, 1.54) is 11.8 Å². The smallest absolute Gasteiger partial charge is 0.300 e. The summed E-state index contributed by atoms with van der Waals surface area (Å²) in [4.78, 5) is 10.1. The molecule has 0 aliphatic rings. The summed E-state index contributed by atoms with van der Waals surface area (Å²) in [6.45, 7) is 4.03. The minimum atomic E-state index is -0.833. The molecule has 0 bridgehead atoms. The number of aliphatic hydroxyl groups is 1. The molecule has 1 atom stereocenters. The number of benzene rings is 1. The molecular weight excluding hydrogens is 240 g/mol. The summed E-state index contributed by atoms with van der Waals surface area (Å²) in [5, 5.41) is 16.9. The predicted octanol–water partition coefficient (Wildman–Crippen LogP) is 2.22. The number of carboxylic acids is 1. The molecule has 1 aromatic rings. The van der Waals surface area contributed by atoms with Gasteiger partial charge in [-0.05, 0) is 19.1 Å². The summed E-state index contributed by atoms with van der Waals surface area (Å²) < 4.78 is 5.10. The largest absolute Gasteiger partial charge is 0.481 e. The average Bonchev–Trinajstić information content (AvgIpc) is 2.27. The molecule has 1 unspecified atom stereocenters. The van der Waals surface area contributed by atoms with Gasteiger partial charge in [-0.3, -0.25) is 4.79 Å². The van der Waals surface area contributed by atoms with Gasteiger partial charge in [-0.15, -0.1) is 0 Å². The Morgan fingerprint density at radius 2 is 1.94 bits per heavy atom. The van der Waals surface area contributed by atoms with Gasteiger partial charge in [0.1, 0.15) is 5.44 Å². The van der Waals surface area contributed by atoms with Crippen LogP contribution in [0.3, 0.4) is 0 Å². The Morgan fingerprint density at radius 3 is 2.41 bits per heavy atom. The van der Waals surface area contributed by atoms with Gasteiger partial charge in [-0.25, -0.2) is 0 Å². The van der Waals surface area contributed by atoms with Gasteiger partial charge in [0.25, 0.3) is 5.97 Å². The molecular formula is C12H18O4S. The van der Waals surface area contributed by atoms with Gasteiger partial charge < -0.3 is 14.9 Å². The van der Waals surface area contributed by atoms with Crippen molar-refractivity contribution >= 4 is 17.7 Å². The molecule has 0 aliphatic carbocycles. The zero-order valence-electron chi connectivity index (χ0n) is 10.00. The van der Waals surface area contributed by atoms with E-state index >= 15 is 0 Å². The molecule has 0 aliphatic heterocycles. The van der Waals surface area contributed by atoms with Crippen molar-refractivity contribution in [2.45, 2.75) is 24.2 Å². The Balaban J connectivity index is 0.000000557. The zero-order valence-corrected chi connectivity index (χ0v) is 10.8. The minimum Gasteiger partial charge on any atom is -0.481 e. The highest BCUT2D eigenvalue weighted by atomic mass is 32.2. The van der Waals surface area contributed by atoms with Gasteiger partial charge in [0, 0.05) is 18.4 Å². The Hall–Kier alpha value is -1.04. The molecule has 0 amide bonds. The standard InChI is InChI=1S/C10H14O2S.C2H4O2/c1-2-12-8-10(11)13-9-6-4-3-5-7-9;1-2(3)4/h3-7,10-11H,2,8H2,1H3;1H3,(H,3,4). The van der Waals surface area contributed by atoms with E-state index < -0.39 is 11.4 Å². The number of rotatable bonds is 5. The van der Waals surface area contributed by atoms with E-state index in [0.29, 0.717) is 13.2 Å². The third-order valence-corrected chi connectivity index (χ3v) is 2.43. The van der Waals surface area contributed by atoms with Crippen LogP contribution in [0, 0.1) is 0 Å². The number of thioether (sulfide) groups is 1. The number of carbonyl (C=O) groups is 1. The van der Waals surface area contributed by atoms with Gasteiger partial charge in [0.15, 0.2) is 0 Å². The summed E-state index contributed by atoms with van der Waals surface area (Å²) >= 11 is 1.41. The van der Waals surface area contributed by atoms with E-state index in [1.807, 2.05) is 37.3 Å². The first-order valence-corrected chi connectivity index (χ1v) is 6.11. The van der Waals surface area contributed by atoms with E-state index in [2.05, 4.69) is 0 Å². The van der Waals surface area contributed by atoms with Gasteiger partial charge in [0.2, 0.25) is 0 Å². The molecule has 0 saturated carbocycles. The van der Waals surface area contributed by atoms with E-state index in [9.17, 15) is 5.11 Å². The third-order valence-electron chi connectivity index (χ3n) is 1.48. The van der Waals surface area contributed by atoms with Crippen LogP contribution in [0.25, 0.3) is 0 Å². The van der Waals surface area contributed by atoms with Crippen LogP contribution in [0.2, 0.25) is 0 Å². The molecule has 4 nitrogen and oxygen atoms in total. The monoisotopic (exact) mass is 258 g/mol. The third kappa shape index (κ3) is 11.2. The van der Waals surface area contributed by atoms with Crippen LogP contribution in [0.4, 0.5) is 0 Å². The summed E-state index contributed by atoms with van der Waals surface area (Å²) in [6, 6.07) is 9.81. The number of ether oxygens (including phenoxy) is 1. The number of aliphatic hydroxyl groups excluding tert-OH is 1. The first-order chi connectivity index (χ1) is 8.06. The van der Waals surface area contributed by atoms with Crippen molar-refractivity contribution in [2.24, 2.45) is 0 Å². The molecule has 96 valence electrons. The maximum Gasteiger partial charge on any atom is 0.300 e. The quantitative estimate of drug-likeness (QED) is 0.626. The second-order valence-corrected chi connectivity index (χ2v) is 4.32. The fourth-order valence-electron chi connectivity index (χ4n) is 0.909. The normalized spacial score (nSPS) is 11.2. The summed E-state index contributed by atoms with van der Waals surface area (Å²) in [5.41, 5.74) is -0.470. The van der Waals surface area contributed by atoms with E-state index in [-0.39, 0.29) is 0 Å². The lowest BCUT2D eigenvalue weighted by molar-refractivity contribution is -0.134. The number of carboxylic acid groups (broad SMARTS) is 1. The topological polar surface area (TPSA) is 66.8 Å². The first-order valence-electron chi connectivity index (χ1n) is 5.23. The molecule has 17 heavy (non-hydrogen) atoms. The second kappa shape index (κ2) is 10.1. The molecule has 0 saturated heterocycles. The molecule has 0 spiro atoms. The van der Waals surface area contributed by atoms with Crippen LogP contribution >= 0.6 is 11.8 Å². The molecule has 0 radical (unpaired) electrons. The van der Waals surface area contributed by atoms with Crippen LogP contribution < -0.4 is 0 Å². The van der Waals surface area contributed by atoms with Crippen molar-refractivity contribution in [2.75, 3.05) is 13.2 Å². The predicted molar refractivity (Wildman–Crippen MR) is 68.1 cm³/mol. The van der Waals surface area contributed by atoms with Gasteiger partial charge in [-0.1, -0.05) is 30.0 Å². The minimum absolute atomic E-state index is 0.385. The summed E-state index contributed by atoms with van der Waals surface area (Å²) in [6.07, 6.45) is 0.